The Bertz CT molecular complexity index is 893. The van der Waals surface area contributed by atoms with Gasteiger partial charge >= 0.3 is 0 Å². The first-order valence-electron chi connectivity index (χ1n) is 24.8. The maximum absolute atomic E-state index is 12.3. The third-order valence-corrected chi connectivity index (χ3v) is 11.4. The van der Waals surface area contributed by atoms with Crippen LogP contribution in [0, 0.1) is 0 Å². The predicted octanol–water partition coefficient (Wildman–Crippen LogP) is 15.9. The zero-order valence-electron chi connectivity index (χ0n) is 37.7. The summed E-state index contributed by atoms with van der Waals surface area (Å²) >= 11 is 0. The zero-order valence-corrected chi connectivity index (χ0v) is 37.7. The molecule has 0 rings (SSSR count). The highest BCUT2D eigenvalue weighted by Crippen LogP contribution is 2.16. The summed E-state index contributed by atoms with van der Waals surface area (Å²) < 4.78 is 0. The maximum Gasteiger partial charge on any atom is 0.220 e. The second kappa shape index (κ2) is 47.7. The third-order valence-electron chi connectivity index (χ3n) is 11.4. The topological polar surface area (TPSA) is 69.6 Å². The van der Waals surface area contributed by atoms with Gasteiger partial charge in [0.25, 0.3) is 0 Å². The van der Waals surface area contributed by atoms with Gasteiger partial charge in [0.2, 0.25) is 5.91 Å². The second-order valence-corrected chi connectivity index (χ2v) is 16.9. The predicted molar refractivity (Wildman–Crippen MR) is 248 cm³/mol. The highest BCUT2D eigenvalue weighted by Gasteiger charge is 2.17. The first-order valence-corrected chi connectivity index (χ1v) is 24.8. The number of rotatable bonds is 45. The number of carbonyl (C=O) groups excluding carboxylic acids is 1. The van der Waals surface area contributed by atoms with Gasteiger partial charge in [-0.1, -0.05) is 235 Å². The molecule has 4 nitrogen and oxygen atoms in total. The molecule has 0 heterocycles. The molecule has 0 fully saturated rings. The number of unbranched alkanes of at least 4 members (excludes halogenated alkanes) is 33. The molecule has 0 aliphatic rings. The summed E-state index contributed by atoms with van der Waals surface area (Å²) in [6.45, 7) is 4.07. The molecule has 2 unspecified atom stereocenters. The lowest BCUT2D eigenvalue weighted by atomic mass is 10.0. The smallest absolute Gasteiger partial charge is 0.220 e. The fourth-order valence-electron chi connectivity index (χ4n) is 7.57. The average Bonchev–Trinajstić information content (AvgIpc) is 3.20. The SMILES string of the molecule is C/C=C/CC/C=C/CC/C=C/C(O)C(CO)NC(=O)CCCCCCCCCCCCCCCCCCC/C=C\CCCCCCCCCCCCCCCC. The van der Waals surface area contributed by atoms with Crippen LogP contribution in [-0.2, 0) is 4.79 Å². The lowest BCUT2D eigenvalue weighted by molar-refractivity contribution is -0.123. The zero-order chi connectivity index (χ0) is 40.7. The van der Waals surface area contributed by atoms with Crippen LogP contribution in [0.3, 0.4) is 0 Å². The number of aliphatic hydroxyl groups excluding tert-OH is 2. The summed E-state index contributed by atoms with van der Waals surface area (Å²) in [5.74, 6) is -0.0794. The van der Waals surface area contributed by atoms with E-state index in [-0.39, 0.29) is 12.5 Å². The van der Waals surface area contributed by atoms with Crippen LogP contribution < -0.4 is 5.32 Å². The van der Waals surface area contributed by atoms with Crippen molar-refractivity contribution < 1.29 is 15.0 Å². The van der Waals surface area contributed by atoms with Crippen molar-refractivity contribution in [3.05, 3.63) is 48.6 Å². The van der Waals surface area contributed by atoms with Gasteiger partial charge in [-0.2, -0.15) is 0 Å². The number of allylic oxidation sites excluding steroid dienone is 7. The van der Waals surface area contributed by atoms with E-state index in [1.54, 1.807) is 6.08 Å². The lowest BCUT2D eigenvalue weighted by Crippen LogP contribution is -2.45. The molecular formula is C52H97NO3. The molecule has 1 amide bonds. The summed E-state index contributed by atoms with van der Waals surface area (Å²) in [6.07, 6.45) is 65.8. The normalized spacial score (nSPS) is 13.3. The van der Waals surface area contributed by atoms with E-state index in [4.69, 9.17) is 0 Å². The van der Waals surface area contributed by atoms with Crippen molar-refractivity contribution in [3.8, 4) is 0 Å². The van der Waals surface area contributed by atoms with Crippen LogP contribution in [-0.4, -0.2) is 34.9 Å². The molecule has 328 valence electrons. The number of carbonyl (C=O) groups is 1. The largest absolute Gasteiger partial charge is 0.394 e. The van der Waals surface area contributed by atoms with E-state index in [1.807, 2.05) is 13.0 Å². The Morgan fingerprint density at radius 1 is 0.446 bits per heavy atom. The first-order chi connectivity index (χ1) is 27.7. The molecule has 2 atom stereocenters. The highest BCUT2D eigenvalue weighted by atomic mass is 16.3. The van der Waals surface area contributed by atoms with Crippen molar-refractivity contribution in [1.82, 2.24) is 5.32 Å². The molecule has 0 aromatic rings. The second-order valence-electron chi connectivity index (χ2n) is 16.9. The molecule has 0 radical (unpaired) electrons. The fourth-order valence-corrected chi connectivity index (χ4v) is 7.57. The molecule has 0 saturated heterocycles. The summed E-state index contributed by atoms with van der Waals surface area (Å²) in [6, 6.07) is -0.642. The Morgan fingerprint density at radius 3 is 1.14 bits per heavy atom. The number of hydrogen-bond donors (Lipinski definition) is 3. The molecule has 0 saturated carbocycles. The molecule has 0 aliphatic heterocycles. The van der Waals surface area contributed by atoms with Gasteiger partial charge in [-0.25, -0.2) is 0 Å². The molecule has 3 N–H and O–H groups in total. The van der Waals surface area contributed by atoms with Crippen LogP contribution >= 0.6 is 0 Å². The minimum atomic E-state index is -0.867. The van der Waals surface area contributed by atoms with Crippen molar-refractivity contribution in [3.63, 3.8) is 0 Å². The van der Waals surface area contributed by atoms with E-state index in [0.717, 1.165) is 38.5 Å². The van der Waals surface area contributed by atoms with Gasteiger partial charge < -0.3 is 15.5 Å². The van der Waals surface area contributed by atoms with Gasteiger partial charge in [0.1, 0.15) is 0 Å². The molecule has 56 heavy (non-hydrogen) atoms. The van der Waals surface area contributed by atoms with Crippen LogP contribution in [0.4, 0.5) is 0 Å². The summed E-state index contributed by atoms with van der Waals surface area (Å²) in [7, 11) is 0. The summed E-state index contributed by atoms with van der Waals surface area (Å²) in [5.41, 5.74) is 0. The van der Waals surface area contributed by atoms with E-state index in [9.17, 15) is 15.0 Å². The van der Waals surface area contributed by atoms with Crippen molar-refractivity contribution >= 4 is 5.91 Å². The number of amides is 1. The average molecular weight is 784 g/mol. The van der Waals surface area contributed by atoms with Gasteiger partial charge in [0, 0.05) is 6.42 Å². The molecule has 0 aromatic heterocycles. The monoisotopic (exact) mass is 784 g/mol. The van der Waals surface area contributed by atoms with E-state index < -0.39 is 12.1 Å². The Balaban J connectivity index is 3.38. The Morgan fingerprint density at radius 2 is 0.768 bits per heavy atom. The standard InChI is InChI=1S/C52H97NO3/c1-3-5-7-9-11-13-14-15-16-17-18-19-20-21-22-23-24-25-26-27-28-29-30-31-32-33-34-35-36-37-38-40-42-44-46-48-52(56)53-50(49-54)51(55)47-45-43-41-39-12-10-8-6-4-2/h4,6,12,23-24,39,45,47,50-51,54-55H,3,5,7-11,13-22,25-38,40-44,46,48-49H2,1-2H3,(H,53,56)/b6-4+,24-23-,39-12+,47-45+. The third kappa shape index (κ3) is 43.5. The van der Waals surface area contributed by atoms with Crippen molar-refractivity contribution in [2.45, 2.75) is 270 Å². The Labute approximate surface area is 350 Å². The van der Waals surface area contributed by atoms with Gasteiger partial charge in [-0.05, 0) is 64.7 Å². The molecule has 4 heteroatoms. The van der Waals surface area contributed by atoms with Gasteiger partial charge in [0.05, 0.1) is 18.8 Å². The van der Waals surface area contributed by atoms with E-state index in [0.29, 0.717) is 6.42 Å². The van der Waals surface area contributed by atoms with Gasteiger partial charge in [-0.15, -0.1) is 0 Å². The van der Waals surface area contributed by atoms with Crippen LogP contribution in [0.15, 0.2) is 48.6 Å². The lowest BCUT2D eigenvalue weighted by Gasteiger charge is -2.19. The highest BCUT2D eigenvalue weighted by molar-refractivity contribution is 5.76. The van der Waals surface area contributed by atoms with Gasteiger partial charge in [0.15, 0.2) is 0 Å². The quantitative estimate of drug-likeness (QED) is 0.0425. The Hall–Kier alpha value is -1.65. The van der Waals surface area contributed by atoms with E-state index in [1.165, 1.54) is 199 Å². The van der Waals surface area contributed by atoms with Crippen molar-refractivity contribution in [2.75, 3.05) is 6.61 Å². The molecule has 0 spiro atoms. The van der Waals surface area contributed by atoms with E-state index in [2.05, 4.69) is 48.7 Å². The van der Waals surface area contributed by atoms with Crippen LogP contribution in [0.5, 0.6) is 0 Å². The number of nitrogens with one attached hydrogen (secondary N) is 1. The maximum atomic E-state index is 12.3. The molecule has 0 bridgehead atoms. The number of aliphatic hydroxyl groups is 2. The van der Waals surface area contributed by atoms with Gasteiger partial charge in [-0.3, -0.25) is 4.79 Å². The fraction of sp³-hybridized carbons (Fsp3) is 0.827. The first kappa shape index (κ1) is 54.3. The van der Waals surface area contributed by atoms with Crippen LogP contribution in [0.2, 0.25) is 0 Å². The van der Waals surface area contributed by atoms with Crippen LogP contribution in [0.25, 0.3) is 0 Å². The van der Waals surface area contributed by atoms with Crippen molar-refractivity contribution in [1.29, 1.82) is 0 Å². The minimum absolute atomic E-state index is 0.0794. The summed E-state index contributed by atoms with van der Waals surface area (Å²) in [4.78, 5) is 12.3. The summed E-state index contributed by atoms with van der Waals surface area (Å²) in [5, 5.41) is 22.8. The van der Waals surface area contributed by atoms with E-state index >= 15 is 0 Å². The molecule has 0 aliphatic carbocycles. The van der Waals surface area contributed by atoms with Crippen LogP contribution in [0.1, 0.15) is 258 Å². The Kier molecular flexibility index (Phi) is 46.3. The minimum Gasteiger partial charge on any atom is -0.394 e. The molecular weight excluding hydrogens is 687 g/mol. The van der Waals surface area contributed by atoms with Crippen molar-refractivity contribution in [2.24, 2.45) is 0 Å². The number of hydrogen-bond acceptors (Lipinski definition) is 3. The molecule has 0 aromatic carbocycles.